The molecule has 16 heavy (non-hydrogen) atoms. The molecule has 0 unspecified atom stereocenters. The van der Waals surface area contributed by atoms with Crippen LogP contribution in [0.2, 0.25) is 5.15 Å². The summed E-state index contributed by atoms with van der Waals surface area (Å²) in [5.74, 6) is 0.830. The van der Waals surface area contributed by atoms with Crippen molar-refractivity contribution in [2.75, 3.05) is 44.2 Å². The maximum absolute atomic E-state index is 8.84. The molecule has 1 aromatic rings. The van der Waals surface area contributed by atoms with E-state index in [1.165, 1.54) is 6.20 Å². The van der Waals surface area contributed by atoms with Crippen LogP contribution >= 0.6 is 11.6 Å². The summed E-state index contributed by atoms with van der Waals surface area (Å²) in [6.07, 6.45) is 3.26. The highest BCUT2D eigenvalue weighted by atomic mass is 35.5. The fourth-order valence-corrected chi connectivity index (χ4v) is 1.97. The van der Waals surface area contributed by atoms with Crippen molar-refractivity contribution in [3.8, 4) is 0 Å². The van der Waals surface area contributed by atoms with E-state index in [4.69, 9.17) is 16.7 Å². The standard InChI is InChI=1S/C10H15ClN4O/c11-9-7-12-8-10(13-9)15-3-1-14(2-4-15)5-6-16/h7-8,16H,1-6H2. The van der Waals surface area contributed by atoms with Gasteiger partial charge in [0.05, 0.1) is 19.0 Å². The van der Waals surface area contributed by atoms with Gasteiger partial charge >= 0.3 is 0 Å². The van der Waals surface area contributed by atoms with Crippen LogP contribution in [-0.4, -0.2) is 59.3 Å². The zero-order chi connectivity index (χ0) is 11.4. The largest absolute Gasteiger partial charge is 0.395 e. The first-order valence-electron chi connectivity index (χ1n) is 5.35. The van der Waals surface area contributed by atoms with Crippen LogP contribution in [0.1, 0.15) is 0 Å². The molecular weight excluding hydrogens is 228 g/mol. The second-order valence-electron chi connectivity index (χ2n) is 3.75. The van der Waals surface area contributed by atoms with Crippen LogP contribution in [0.5, 0.6) is 0 Å². The Hall–Kier alpha value is -0.910. The van der Waals surface area contributed by atoms with Gasteiger partial charge in [-0.1, -0.05) is 11.6 Å². The van der Waals surface area contributed by atoms with E-state index in [1.54, 1.807) is 6.20 Å². The Morgan fingerprint density at radius 1 is 1.25 bits per heavy atom. The van der Waals surface area contributed by atoms with Crippen LogP contribution in [0.3, 0.4) is 0 Å². The van der Waals surface area contributed by atoms with Crippen LogP contribution in [0.15, 0.2) is 12.4 Å². The van der Waals surface area contributed by atoms with Gasteiger partial charge in [0, 0.05) is 32.7 Å². The molecule has 0 atom stereocenters. The highest BCUT2D eigenvalue weighted by Gasteiger charge is 2.17. The van der Waals surface area contributed by atoms with Gasteiger partial charge in [0.25, 0.3) is 0 Å². The fraction of sp³-hybridized carbons (Fsp3) is 0.600. The van der Waals surface area contributed by atoms with Crippen molar-refractivity contribution in [3.63, 3.8) is 0 Å². The molecule has 1 aromatic heterocycles. The molecule has 1 aliphatic rings. The van der Waals surface area contributed by atoms with Gasteiger partial charge in [0.1, 0.15) is 11.0 Å². The number of β-amino-alcohol motifs (C(OH)–C–C–N with tert-alkyl or cyclic N) is 1. The van der Waals surface area contributed by atoms with Crippen LogP contribution in [0.4, 0.5) is 5.82 Å². The normalized spacial score (nSPS) is 17.8. The Morgan fingerprint density at radius 3 is 2.62 bits per heavy atom. The molecule has 2 heterocycles. The Balaban J connectivity index is 1.94. The molecule has 1 aliphatic heterocycles. The number of aliphatic hydroxyl groups excluding tert-OH is 1. The van der Waals surface area contributed by atoms with Gasteiger partial charge < -0.3 is 10.0 Å². The summed E-state index contributed by atoms with van der Waals surface area (Å²) in [4.78, 5) is 12.6. The van der Waals surface area contributed by atoms with Gasteiger partial charge in [-0.05, 0) is 0 Å². The van der Waals surface area contributed by atoms with Crippen molar-refractivity contribution in [1.29, 1.82) is 0 Å². The van der Waals surface area contributed by atoms with E-state index in [0.29, 0.717) is 5.15 Å². The van der Waals surface area contributed by atoms with E-state index in [-0.39, 0.29) is 6.61 Å². The molecule has 0 aromatic carbocycles. The van der Waals surface area contributed by atoms with Gasteiger partial charge in [-0.2, -0.15) is 0 Å². The van der Waals surface area contributed by atoms with Gasteiger partial charge in [0.15, 0.2) is 0 Å². The average molecular weight is 243 g/mol. The number of aliphatic hydroxyl groups is 1. The monoisotopic (exact) mass is 242 g/mol. The predicted octanol–water partition coefficient (Wildman–Crippen LogP) is 0.244. The molecule has 0 saturated carbocycles. The first-order chi connectivity index (χ1) is 7.79. The third-order valence-corrected chi connectivity index (χ3v) is 2.89. The Kier molecular flexibility index (Phi) is 3.93. The van der Waals surface area contributed by atoms with Crippen LogP contribution in [0, 0.1) is 0 Å². The van der Waals surface area contributed by atoms with Crippen LogP contribution in [-0.2, 0) is 0 Å². The molecule has 1 N–H and O–H groups in total. The first-order valence-corrected chi connectivity index (χ1v) is 5.73. The molecule has 0 radical (unpaired) electrons. The summed E-state index contributed by atoms with van der Waals surface area (Å²) in [7, 11) is 0. The maximum Gasteiger partial charge on any atom is 0.149 e. The zero-order valence-electron chi connectivity index (χ0n) is 9.01. The number of aromatic nitrogens is 2. The molecule has 1 saturated heterocycles. The average Bonchev–Trinajstić information content (AvgIpc) is 2.30. The Bertz CT molecular complexity index is 341. The Morgan fingerprint density at radius 2 is 2.00 bits per heavy atom. The van der Waals surface area contributed by atoms with E-state index in [0.717, 1.165) is 38.5 Å². The molecule has 0 spiro atoms. The lowest BCUT2D eigenvalue weighted by molar-refractivity contribution is 0.188. The van der Waals surface area contributed by atoms with Crippen molar-refractivity contribution >= 4 is 17.4 Å². The highest BCUT2D eigenvalue weighted by Crippen LogP contribution is 2.14. The second kappa shape index (κ2) is 5.43. The zero-order valence-corrected chi connectivity index (χ0v) is 9.77. The summed E-state index contributed by atoms with van der Waals surface area (Å²) in [6, 6.07) is 0. The number of hydrogen-bond acceptors (Lipinski definition) is 5. The van der Waals surface area contributed by atoms with E-state index in [2.05, 4.69) is 19.8 Å². The van der Waals surface area contributed by atoms with Crippen molar-refractivity contribution in [3.05, 3.63) is 17.5 Å². The van der Waals surface area contributed by atoms with Crippen molar-refractivity contribution in [1.82, 2.24) is 14.9 Å². The van der Waals surface area contributed by atoms with Crippen LogP contribution in [0.25, 0.3) is 0 Å². The summed E-state index contributed by atoms with van der Waals surface area (Å²) < 4.78 is 0. The molecule has 88 valence electrons. The number of halogens is 1. The third kappa shape index (κ3) is 2.81. The summed E-state index contributed by atoms with van der Waals surface area (Å²) >= 11 is 5.80. The predicted molar refractivity (Wildman–Crippen MR) is 62.8 cm³/mol. The molecule has 5 nitrogen and oxygen atoms in total. The minimum atomic E-state index is 0.219. The van der Waals surface area contributed by atoms with E-state index in [1.807, 2.05) is 0 Å². The summed E-state index contributed by atoms with van der Waals surface area (Å²) in [6.45, 7) is 4.64. The van der Waals surface area contributed by atoms with E-state index >= 15 is 0 Å². The quantitative estimate of drug-likeness (QED) is 0.823. The summed E-state index contributed by atoms with van der Waals surface area (Å²) in [5, 5.41) is 9.27. The van der Waals surface area contributed by atoms with Gasteiger partial charge in [-0.25, -0.2) is 4.98 Å². The Labute approximate surface area is 99.7 Å². The molecule has 0 aliphatic carbocycles. The molecule has 0 bridgehead atoms. The van der Waals surface area contributed by atoms with E-state index in [9.17, 15) is 0 Å². The number of rotatable bonds is 3. The highest BCUT2D eigenvalue weighted by molar-refractivity contribution is 6.29. The van der Waals surface area contributed by atoms with E-state index < -0.39 is 0 Å². The molecule has 2 rings (SSSR count). The smallest absolute Gasteiger partial charge is 0.149 e. The lowest BCUT2D eigenvalue weighted by Crippen LogP contribution is -2.47. The van der Waals surface area contributed by atoms with Crippen molar-refractivity contribution in [2.24, 2.45) is 0 Å². The topological polar surface area (TPSA) is 52.5 Å². The van der Waals surface area contributed by atoms with Crippen LogP contribution < -0.4 is 4.90 Å². The molecule has 6 heteroatoms. The number of nitrogens with zero attached hydrogens (tertiary/aromatic N) is 4. The van der Waals surface area contributed by atoms with Gasteiger partial charge in [-0.3, -0.25) is 9.88 Å². The first kappa shape index (κ1) is 11.6. The SMILES string of the molecule is OCCN1CCN(c2cncc(Cl)n2)CC1. The number of hydrogen-bond donors (Lipinski definition) is 1. The fourth-order valence-electron chi connectivity index (χ4n) is 1.83. The minimum absolute atomic E-state index is 0.219. The lowest BCUT2D eigenvalue weighted by Gasteiger charge is -2.34. The summed E-state index contributed by atoms with van der Waals surface area (Å²) in [5.41, 5.74) is 0. The minimum Gasteiger partial charge on any atom is -0.395 e. The molecule has 1 fully saturated rings. The number of anilines is 1. The van der Waals surface area contributed by atoms with Crippen molar-refractivity contribution < 1.29 is 5.11 Å². The molecular formula is C10H15ClN4O. The lowest BCUT2D eigenvalue weighted by atomic mass is 10.3. The van der Waals surface area contributed by atoms with Gasteiger partial charge in [-0.15, -0.1) is 0 Å². The second-order valence-corrected chi connectivity index (χ2v) is 4.14. The van der Waals surface area contributed by atoms with Crippen molar-refractivity contribution in [2.45, 2.75) is 0 Å². The third-order valence-electron chi connectivity index (χ3n) is 2.70. The maximum atomic E-state index is 8.84. The van der Waals surface area contributed by atoms with Gasteiger partial charge in [0.2, 0.25) is 0 Å². The number of piperazine rings is 1. The molecule has 0 amide bonds.